The number of thiazole rings is 1. The zero-order valence-corrected chi connectivity index (χ0v) is 18.5. The molecule has 1 aliphatic rings. The van der Waals surface area contributed by atoms with Crippen molar-refractivity contribution in [3.63, 3.8) is 0 Å². The number of hydrogen-bond acceptors (Lipinski definition) is 6. The first kappa shape index (κ1) is 23.8. The molecule has 1 aromatic heterocycles. The number of amides is 2. The Morgan fingerprint density at radius 3 is 2.47 bits per heavy atom. The number of aryl methyl sites for hydroxylation is 1. The number of halogens is 3. The summed E-state index contributed by atoms with van der Waals surface area (Å²) in [7, 11) is 0. The maximum absolute atomic E-state index is 12.6. The number of carbonyl (C=O) groups is 2. The lowest BCUT2D eigenvalue weighted by Gasteiger charge is -2.30. The van der Waals surface area contributed by atoms with Gasteiger partial charge in [0, 0.05) is 29.4 Å². The van der Waals surface area contributed by atoms with Crippen LogP contribution in [0.1, 0.15) is 24.6 Å². The van der Waals surface area contributed by atoms with Crippen LogP contribution in [0.2, 0.25) is 0 Å². The summed E-state index contributed by atoms with van der Waals surface area (Å²) >= 11 is 1.36. The van der Waals surface area contributed by atoms with E-state index in [1.54, 1.807) is 0 Å². The van der Waals surface area contributed by atoms with Gasteiger partial charge < -0.3 is 19.7 Å². The second-order valence-corrected chi connectivity index (χ2v) is 8.50. The van der Waals surface area contributed by atoms with Crippen LogP contribution >= 0.6 is 11.3 Å². The molecule has 1 saturated heterocycles. The van der Waals surface area contributed by atoms with E-state index in [0.29, 0.717) is 24.6 Å². The van der Waals surface area contributed by atoms with E-state index in [1.165, 1.54) is 16.2 Å². The smallest absolute Gasteiger partial charge is 0.422 e. The fourth-order valence-corrected chi connectivity index (χ4v) is 4.20. The molecule has 0 aliphatic carbocycles. The van der Waals surface area contributed by atoms with E-state index in [4.69, 9.17) is 4.74 Å². The quantitative estimate of drug-likeness (QED) is 0.650. The van der Waals surface area contributed by atoms with Gasteiger partial charge >= 0.3 is 12.3 Å². The molecular formula is C21H24F3N3O4S. The van der Waals surface area contributed by atoms with E-state index in [2.05, 4.69) is 15.0 Å². The molecule has 0 atom stereocenters. The van der Waals surface area contributed by atoms with Crippen LogP contribution < -0.4 is 10.1 Å². The molecule has 0 unspecified atom stereocenters. The molecule has 174 valence electrons. The van der Waals surface area contributed by atoms with Crippen LogP contribution in [0.15, 0.2) is 24.3 Å². The number of alkyl halides is 3. The Morgan fingerprint density at radius 2 is 1.88 bits per heavy atom. The second kappa shape index (κ2) is 10.2. The lowest BCUT2D eigenvalue weighted by molar-refractivity contribution is -0.162. The van der Waals surface area contributed by atoms with Crippen molar-refractivity contribution in [3.8, 4) is 17.0 Å². The molecule has 2 aromatic rings. The number of nitrogens with one attached hydrogen (secondary N) is 1. The predicted octanol–water partition coefficient (Wildman–Crippen LogP) is 4.87. The molecule has 2 amide bonds. The lowest BCUT2D eigenvalue weighted by atomic mass is 9.96. The van der Waals surface area contributed by atoms with Crippen LogP contribution in [0.4, 0.5) is 23.1 Å². The third-order valence-electron chi connectivity index (χ3n) is 4.95. The van der Waals surface area contributed by atoms with Crippen LogP contribution in [0, 0.1) is 12.8 Å². The molecule has 1 aliphatic heterocycles. The Morgan fingerprint density at radius 1 is 1.22 bits per heavy atom. The fraction of sp³-hybridized carbons (Fsp3) is 0.476. The molecule has 1 fully saturated rings. The van der Waals surface area contributed by atoms with Gasteiger partial charge in [0.25, 0.3) is 0 Å². The minimum Gasteiger partial charge on any atom is -0.494 e. The molecule has 3 rings (SSSR count). The average Bonchev–Trinajstić information content (AvgIpc) is 3.12. The average molecular weight is 472 g/mol. The van der Waals surface area contributed by atoms with Gasteiger partial charge in [0.2, 0.25) is 5.91 Å². The number of piperidine rings is 1. The Bertz CT molecular complexity index is 939. The van der Waals surface area contributed by atoms with Crippen molar-refractivity contribution in [2.24, 2.45) is 5.92 Å². The maximum atomic E-state index is 12.6. The molecule has 2 heterocycles. The van der Waals surface area contributed by atoms with E-state index in [1.807, 2.05) is 38.1 Å². The highest BCUT2D eigenvalue weighted by Crippen LogP contribution is 2.32. The van der Waals surface area contributed by atoms with Gasteiger partial charge in [-0.2, -0.15) is 13.2 Å². The van der Waals surface area contributed by atoms with Crippen LogP contribution in [0.5, 0.6) is 5.75 Å². The fourth-order valence-electron chi connectivity index (χ4n) is 3.36. The first-order valence-electron chi connectivity index (χ1n) is 10.2. The molecule has 32 heavy (non-hydrogen) atoms. The summed E-state index contributed by atoms with van der Waals surface area (Å²) in [6.07, 6.45) is -4.91. The lowest BCUT2D eigenvalue weighted by Crippen LogP contribution is -2.42. The molecule has 0 spiro atoms. The summed E-state index contributed by atoms with van der Waals surface area (Å²) in [4.78, 5) is 31.0. The normalized spacial score (nSPS) is 14.8. The van der Waals surface area contributed by atoms with Gasteiger partial charge in [-0.3, -0.25) is 4.79 Å². The van der Waals surface area contributed by atoms with E-state index in [-0.39, 0.29) is 24.9 Å². The summed E-state index contributed by atoms with van der Waals surface area (Å²) in [5.74, 6) is 0.186. The van der Waals surface area contributed by atoms with Gasteiger partial charge in [-0.1, -0.05) is 0 Å². The van der Waals surface area contributed by atoms with Crippen molar-refractivity contribution < 1.29 is 32.2 Å². The topological polar surface area (TPSA) is 80.8 Å². The summed E-state index contributed by atoms with van der Waals surface area (Å²) in [6.45, 7) is 3.11. The summed E-state index contributed by atoms with van der Waals surface area (Å²) in [5.41, 5.74) is 1.68. The van der Waals surface area contributed by atoms with Gasteiger partial charge in [0.1, 0.15) is 5.75 Å². The zero-order chi connectivity index (χ0) is 23.3. The van der Waals surface area contributed by atoms with Crippen LogP contribution in [0.25, 0.3) is 11.3 Å². The van der Waals surface area contributed by atoms with Crippen LogP contribution in [0.3, 0.4) is 0 Å². The summed E-state index contributed by atoms with van der Waals surface area (Å²) < 4.78 is 46.3. The largest absolute Gasteiger partial charge is 0.494 e. The van der Waals surface area contributed by atoms with Crippen molar-refractivity contribution >= 4 is 28.5 Å². The van der Waals surface area contributed by atoms with Crippen LogP contribution in [-0.4, -0.2) is 54.4 Å². The molecule has 1 aromatic carbocycles. The summed E-state index contributed by atoms with van der Waals surface area (Å²) in [5, 5.41) is 3.30. The number of carbonyl (C=O) groups excluding carboxylic acids is 2. The molecular weight excluding hydrogens is 447 g/mol. The first-order chi connectivity index (χ1) is 15.2. The number of rotatable bonds is 6. The molecule has 0 bridgehead atoms. The Balaban J connectivity index is 1.53. The number of nitrogens with zero attached hydrogens (tertiary/aromatic N) is 2. The van der Waals surface area contributed by atoms with Crippen molar-refractivity contribution in [3.05, 3.63) is 29.1 Å². The molecule has 1 N–H and O–H groups in total. The Kier molecular flexibility index (Phi) is 7.60. The van der Waals surface area contributed by atoms with E-state index in [9.17, 15) is 22.8 Å². The van der Waals surface area contributed by atoms with Crippen molar-refractivity contribution in [1.82, 2.24) is 9.88 Å². The number of benzene rings is 1. The van der Waals surface area contributed by atoms with Gasteiger partial charge in [0.05, 0.1) is 12.3 Å². The highest BCUT2D eigenvalue weighted by molar-refractivity contribution is 7.16. The minimum absolute atomic E-state index is 0.156. The zero-order valence-electron chi connectivity index (χ0n) is 17.7. The van der Waals surface area contributed by atoms with Gasteiger partial charge in [-0.05, 0) is 51.0 Å². The standard InChI is InChI=1S/C21H24F3N3O4S/c1-3-30-16-6-4-14(5-7-16)17-13(2)32-19(25-17)26-18(28)15-8-10-27(11-9-15)20(29)31-12-21(22,23)24/h4-7,15H,3,8-12H2,1-2H3,(H,25,26,28). The maximum Gasteiger partial charge on any atom is 0.422 e. The highest BCUT2D eigenvalue weighted by atomic mass is 32.1. The molecule has 0 radical (unpaired) electrons. The number of likely N-dealkylation sites (tertiary alicyclic amines) is 1. The monoisotopic (exact) mass is 471 g/mol. The van der Waals surface area contributed by atoms with Crippen molar-refractivity contribution in [1.29, 1.82) is 0 Å². The van der Waals surface area contributed by atoms with E-state index in [0.717, 1.165) is 21.9 Å². The second-order valence-electron chi connectivity index (χ2n) is 7.30. The van der Waals surface area contributed by atoms with Gasteiger partial charge in [-0.15, -0.1) is 11.3 Å². The van der Waals surface area contributed by atoms with Gasteiger partial charge in [0.15, 0.2) is 11.7 Å². The van der Waals surface area contributed by atoms with E-state index < -0.39 is 18.9 Å². The Hall–Kier alpha value is -2.82. The van der Waals surface area contributed by atoms with Crippen molar-refractivity contribution in [2.45, 2.75) is 32.9 Å². The predicted molar refractivity (Wildman–Crippen MR) is 114 cm³/mol. The van der Waals surface area contributed by atoms with Crippen LogP contribution in [-0.2, 0) is 9.53 Å². The number of ether oxygens (including phenoxy) is 2. The minimum atomic E-state index is -4.57. The number of anilines is 1. The molecule has 7 nitrogen and oxygen atoms in total. The van der Waals surface area contributed by atoms with Gasteiger partial charge in [-0.25, -0.2) is 9.78 Å². The number of hydrogen-bond donors (Lipinski definition) is 1. The van der Waals surface area contributed by atoms with E-state index >= 15 is 0 Å². The van der Waals surface area contributed by atoms with Crippen molar-refractivity contribution in [2.75, 3.05) is 31.6 Å². The first-order valence-corrected chi connectivity index (χ1v) is 11.0. The molecule has 11 heteroatoms. The SMILES string of the molecule is CCOc1ccc(-c2nc(NC(=O)C3CCN(C(=O)OCC(F)(F)F)CC3)sc2C)cc1. The summed E-state index contributed by atoms with van der Waals surface area (Å²) in [6, 6.07) is 7.55. The third-order valence-corrected chi connectivity index (χ3v) is 5.83. The molecule has 0 saturated carbocycles. The number of aromatic nitrogens is 1. The highest BCUT2D eigenvalue weighted by Gasteiger charge is 2.33. The third kappa shape index (κ3) is 6.35. The Labute approximate surface area is 187 Å².